The highest BCUT2D eigenvalue weighted by Gasteiger charge is 1.95. The molecule has 0 fully saturated rings. The third kappa shape index (κ3) is 17.9. The van der Waals surface area contributed by atoms with Crippen molar-refractivity contribution in [3.8, 4) is 0 Å². The second-order valence-electron chi connectivity index (χ2n) is 1.74. The van der Waals surface area contributed by atoms with Crippen molar-refractivity contribution in [2.24, 2.45) is 5.73 Å². The van der Waals surface area contributed by atoms with E-state index in [0.29, 0.717) is 0 Å². The quantitative estimate of drug-likeness (QED) is 0.359. The molecule has 0 aromatic heterocycles. The second-order valence-corrected chi connectivity index (χ2v) is 1.74. The molecule has 0 unspecified atom stereocenters. The Labute approximate surface area is 76.5 Å². The molecule has 3 N–H and O–H groups in total. The number of carbonyl (C=O) groups excluding carboxylic acids is 2. The Morgan fingerprint density at radius 1 is 1.46 bits per heavy atom. The summed E-state index contributed by atoms with van der Waals surface area (Å²) in [6.07, 6.45) is 2.13. The SMILES string of the molecule is C=CC(N)=O.C=COC(=O)CCO. The topological polar surface area (TPSA) is 89.6 Å². The van der Waals surface area contributed by atoms with Crippen molar-refractivity contribution in [1.29, 1.82) is 0 Å². The Bertz CT molecular complexity index is 189. The van der Waals surface area contributed by atoms with Crippen molar-refractivity contribution in [1.82, 2.24) is 0 Å². The van der Waals surface area contributed by atoms with Crippen molar-refractivity contribution < 1.29 is 19.4 Å². The van der Waals surface area contributed by atoms with Gasteiger partial charge >= 0.3 is 5.97 Å². The Hall–Kier alpha value is -1.62. The molecule has 0 rings (SSSR count). The minimum Gasteiger partial charge on any atom is -0.435 e. The summed E-state index contributed by atoms with van der Waals surface area (Å²) in [6, 6.07) is 0. The second kappa shape index (κ2) is 10.4. The Morgan fingerprint density at radius 2 is 1.92 bits per heavy atom. The van der Waals surface area contributed by atoms with E-state index in [-0.39, 0.29) is 13.0 Å². The van der Waals surface area contributed by atoms with Crippen LogP contribution < -0.4 is 5.73 Å². The normalized spacial score (nSPS) is 7.46. The molecule has 1 amide bonds. The summed E-state index contributed by atoms with van der Waals surface area (Å²) in [6.45, 7) is 6.07. The number of nitrogens with two attached hydrogens (primary N) is 1. The maximum atomic E-state index is 10.2. The average Bonchev–Trinajstić information content (AvgIpc) is 2.06. The molecular weight excluding hydrogens is 174 g/mol. The van der Waals surface area contributed by atoms with E-state index in [4.69, 9.17) is 5.11 Å². The number of carbonyl (C=O) groups is 2. The molecule has 0 atom stereocenters. The lowest BCUT2D eigenvalue weighted by atomic mass is 10.5. The molecule has 0 saturated carbocycles. The molecule has 0 aromatic carbocycles. The fourth-order valence-corrected chi connectivity index (χ4v) is 0.243. The van der Waals surface area contributed by atoms with Gasteiger partial charge in [-0.15, -0.1) is 0 Å². The summed E-state index contributed by atoms with van der Waals surface area (Å²) < 4.78 is 4.25. The van der Waals surface area contributed by atoms with Crippen molar-refractivity contribution in [2.45, 2.75) is 6.42 Å². The van der Waals surface area contributed by atoms with Crippen LogP contribution in [0.5, 0.6) is 0 Å². The lowest BCUT2D eigenvalue weighted by Gasteiger charge is -1.91. The van der Waals surface area contributed by atoms with Gasteiger partial charge < -0.3 is 15.6 Å². The molecule has 74 valence electrons. The highest BCUT2D eigenvalue weighted by molar-refractivity contribution is 5.84. The maximum Gasteiger partial charge on any atom is 0.312 e. The van der Waals surface area contributed by atoms with Gasteiger partial charge in [0.05, 0.1) is 19.3 Å². The largest absolute Gasteiger partial charge is 0.435 e. The van der Waals surface area contributed by atoms with E-state index in [1.165, 1.54) is 0 Å². The summed E-state index contributed by atoms with van der Waals surface area (Å²) in [5, 5.41) is 8.13. The lowest BCUT2D eigenvalue weighted by molar-refractivity contribution is -0.138. The molecule has 5 heteroatoms. The lowest BCUT2D eigenvalue weighted by Crippen LogP contribution is -2.04. The Kier molecular flexibility index (Phi) is 11.1. The van der Waals surface area contributed by atoms with E-state index in [1.54, 1.807) is 0 Å². The summed E-state index contributed by atoms with van der Waals surface area (Å²) in [7, 11) is 0. The first-order valence-corrected chi connectivity index (χ1v) is 3.41. The highest BCUT2D eigenvalue weighted by atomic mass is 16.5. The molecule has 0 saturated heterocycles. The van der Waals surface area contributed by atoms with Crippen LogP contribution >= 0.6 is 0 Å². The summed E-state index contributed by atoms with van der Waals surface area (Å²) >= 11 is 0. The van der Waals surface area contributed by atoms with E-state index in [1.807, 2.05) is 0 Å². The summed E-state index contributed by atoms with van der Waals surface area (Å²) in [5.74, 6) is -0.937. The Balaban J connectivity index is 0. The number of ether oxygens (including phenoxy) is 1. The van der Waals surface area contributed by atoms with Gasteiger partial charge in [-0.2, -0.15) is 0 Å². The number of hydrogen-bond donors (Lipinski definition) is 2. The first-order valence-electron chi connectivity index (χ1n) is 3.41. The predicted octanol–water partition coefficient (Wildman–Crippen LogP) is -0.287. The van der Waals surface area contributed by atoms with Crippen LogP contribution in [0.25, 0.3) is 0 Å². The van der Waals surface area contributed by atoms with Crippen LogP contribution in [0.4, 0.5) is 0 Å². The van der Waals surface area contributed by atoms with Gasteiger partial charge in [0.1, 0.15) is 0 Å². The summed E-state index contributed by atoms with van der Waals surface area (Å²) in [5.41, 5.74) is 4.53. The zero-order valence-corrected chi connectivity index (χ0v) is 7.23. The fourth-order valence-electron chi connectivity index (χ4n) is 0.243. The van der Waals surface area contributed by atoms with Crippen LogP contribution in [0, 0.1) is 0 Å². The van der Waals surface area contributed by atoms with Gasteiger partial charge in [0.2, 0.25) is 5.91 Å². The first-order chi connectivity index (χ1) is 6.08. The molecule has 0 radical (unpaired) electrons. The van der Waals surface area contributed by atoms with Gasteiger partial charge in [-0.25, -0.2) is 0 Å². The molecule has 0 aliphatic rings. The van der Waals surface area contributed by atoms with Crippen LogP contribution in [-0.4, -0.2) is 23.6 Å². The van der Waals surface area contributed by atoms with Gasteiger partial charge in [-0.3, -0.25) is 9.59 Å². The standard InChI is InChI=1S/C5H8O3.C3H5NO/c1-2-8-5(7)3-4-6;1-2-3(4)5/h2,6H,1,3-4H2;2H,1H2,(H2,4,5). The molecule has 0 aliphatic heterocycles. The molecular formula is C8H13NO4. The number of primary amides is 1. The molecule has 0 bridgehead atoms. The zero-order chi connectivity index (χ0) is 10.7. The van der Waals surface area contributed by atoms with Gasteiger partial charge in [-0.05, 0) is 6.08 Å². The van der Waals surface area contributed by atoms with Crippen LogP contribution in [-0.2, 0) is 14.3 Å². The van der Waals surface area contributed by atoms with Gasteiger partial charge in [0.15, 0.2) is 0 Å². The van der Waals surface area contributed by atoms with Gasteiger partial charge in [0, 0.05) is 0 Å². The van der Waals surface area contributed by atoms with Crippen LogP contribution in [0.3, 0.4) is 0 Å². The highest BCUT2D eigenvalue weighted by Crippen LogP contribution is 1.82. The van der Waals surface area contributed by atoms with Crippen molar-refractivity contribution in [2.75, 3.05) is 6.61 Å². The zero-order valence-electron chi connectivity index (χ0n) is 7.23. The van der Waals surface area contributed by atoms with E-state index < -0.39 is 11.9 Å². The van der Waals surface area contributed by atoms with E-state index in [2.05, 4.69) is 23.6 Å². The number of aliphatic hydroxyl groups excluding tert-OH is 1. The molecule has 0 aromatic rings. The van der Waals surface area contributed by atoms with Crippen molar-refractivity contribution in [3.63, 3.8) is 0 Å². The number of esters is 1. The smallest absolute Gasteiger partial charge is 0.312 e. The first kappa shape index (κ1) is 13.9. The van der Waals surface area contributed by atoms with Crippen LogP contribution in [0.15, 0.2) is 25.5 Å². The van der Waals surface area contributed by atoms with Crippen molar-refractivity contribution in [3.05, 3.63) is 25.5 Å². The number of amides is 1. The molecule has 5 nitrogen and oxygen atoms in total. The monoisotopic (exact) mass is 187 g/mol. The van der Waals surface area contributed by atoms with E-state index >= 15 is 0 Å². The minimum atomic E-state index is -0.481. The van der Waals surface area contributed by atoms with Crippen LogP contribution in [0.1, 0.15) is 6.42 Å². The number of hydrogen-bond acceptors (Lipinski definition) is 4. The number of aliphatic hydroxyl groups is 1. The fraction of sp³-hybridized carbons (Fsp3) is 0.250. The Morgan fingerprint density at radius 3 is 2.15 bits per heavy atom. The predicted molar refractivity (Wildman–Crippen MR) is 47.4 cm³/mol. The minimum absolute atomic E-state index is 0.0337. The average molecular weight is 187 g/mol. The third-order valence-corrected chi connectivity index (χ3v) is 0.732. The molecule has 13 heavy (non-hydrogen) atoms. The molecule has 0 heterocycles. The van der Waals surface area contributed by atoms with E-state index in [9.17, 15) is 9.59 Å². The third-order valence-electron chi connectivity index (χ3n) is 0.732. The molecule has 0 spiro atoms. The number of rotatable bonds is 4. The van der Waals surface area contributed by atoms with Gasteiger partial charge in [-0.1, -0.05) is 13.2 Å². The van der Waals surface area contributed by atoms with E-state index in [0.717, 1.165) is 12.3 Å². The van der Waals surface area contributed by atoms with Crippen LogP contribution in [0.2, 0.25) is 0 Å². The molecule has 0 aliphatic carbocycles. The van der Waals surface area contributed by atoms with Crippen molar-refractivity contribution >= 4 is 11.9 Å². The maximum absolute atomic E-state index is 10.2. The van der Waals surface area contributed by atoms with Gasteiger partial charge in [0.25, 0.3) is 0 Å². The summed E-state index contributed by atoms with van der Waals surface area (Å²) in [4.78, 5) is 19.7.